The molecular weight excluding hydrogens is 909 g/mol. The van der Waals surface area contributed by atoms with Crippen LogP contribution in [0, 0.1) is 22.0 Å². The van der Waals surface area contributed by atoms with Crippen LogP contribution in [-0.4, -0.2) is 81.4 Å². The second-order valence-corrected chi connectivity index (χ2v) is 20.5. The van der Waals surface area contributed by atoms with Crippen LogP contribution in [0.2, 0.25) is 0 Å². The summed E-state index contributed by atoms with van der Waals surface area (Å²) in [5.74, 6) is -6.60. The van der Waals surface area contributed by atoms with E-state index in [1.54, 1.807) is 22.8 Å². The number of anilines is 3. The van der Waals surface area contributed by atoms with E-state index in [4.69, 9.17) is 15.2 Å². The number of nitrogen functional groups attached to an aromatic ring is 1. The summed E-state index contributed by atoms with van der Waals surface area (Å²) in [5.41, 5.74) is 8.06. The van der Waals surface area contributed by atoms with Gasteiger partial charge in [0.2, 0.25) is 0 Å². The van der Waals surface area contributed by atoms with Gasteiger partial charge in [-0.3, -0.25) is 18.7 Å². The van der Waals surface area contributed by atoms with Crippen molar-refractivity contribution in [2.24, 2.45) is 11.8 Å². The number of alkyl halides is 4. The van der Waals surface area contributed by atoms with Crippen molar-refractivity contribution in [3.63, 3.8) is 0 Å². The Hall–Kier alpha value is -5.84. The molecule has 0 radical (unpaired) electrons. The predicted molar refractivity (Wildman–Crippen MR) is 241 cm³/mol. The van der Waals surface area contributed by atoms with Gasteiger partial charge in [-0.2, -0.15) is 17.6 Å². The van der Waals surface area contributed by atoms with Gasteiger partial charge >= 0.3 is 11.8 Å². The lowest BCUT2D eigenvalue weighted by atomic mass is 10.00. The summed E-state index contributed by atoms with van der Waals surface area (Å²) >= 11 is 0. The summed E-state index contributed by atoms with van der Waals surface area (Å²) in [5, 5.41) is 10.8. The van der Waals surface area contributed by atoms with Crippen molar-refractivity contribution in [1.82, 2.24) is 19.1 Å². The minimum Gasteiger partial charge on any atom is -0.399 e. The summed E-state index contributed by atoms with van der Waals surface area (Å²) in [6, 6.07) is 19.8. The topological polar surface area (TPSA) is 198 Å². The number of hydrogen-bond acceptors (Lipinski definition) is 11. The number of rotatable bonds is 13. The van der Waals surface area contributed by atoms with Crippen LogP contribution >= 0.6 is 0 Å². The lowest BCUT2D eigenvalue weighted by molar-refractivity contribution is -0.384. The van der Waals surface area contributed by atoms with Crippen molar-refractivity contribution >= 4 is 64.9 Å². The third-order valence-corrected chi connectivity index (χ3v) is 15.4. The second-order valence-electron chi connectivity index (χ2n) is 16.6. The molecule has 2 fully saturated rings. The van der Waals surface area contributed by atoms with E-state index in [2.05, 4.69) is 9.97 Å². The fourth-order valence-corrected chi connectivity index (χ4v) is 10.4. The normalized spacial score (nSPS) is 15.7. The van der Waals surface area contributed by atoms with E-state index < -0.39 is 36.8 Å². The molecule has 0 amide bonds. The molecule has 0 unspecified atom stereocenters. The Morgan fingerprint density at radius 2 is 1.03 bits per heavy atom. The fourth-order valence-electron chi connectivity index (χ4n) is 8.02. The Balaban J connectivity index is 0.000000197. The number of benzene rings is 4. The molecular formula is C44H50F4N8O8S2. The van der Waals surface area contributed by atoms with Gasteiger partial charge in [-0.15, -0.1) is 0 Å². The van der Waals surface area contributed by atoms with Crippen LogP contribution in [0.15, 0.2) is 94.7 Å². The number of nitrogens with zero attached hydrogens (tertiary/aromatic N) is 7. The van der Waals surface area contributed by atoms with E-state index in [0.29, 0.717) is 67.4 Å². The molecule has 0 atom stereocenters. The Bertz CT molecular complexity index is 2930. The summed E-state index contributed by atoms with van der Waals surface area (Å²) in [7, 11) is -5.15. The highest BCUT2D eigenvalue weighted by Crippen LogP contribution is 2.36. The third kappa shape index (κ3) is 10.2. The van der Waals surface area contributed by atoms with Gasteiger partial charge < -0.3 is 24.3 Å². The maximum atomic E-state index is 14.4. The summed E-state index contributed by atoms with van der Waals surface area (Å²) in [4.78, 5) is 18.5. The van der Waals surface area contributed by atoms with Crippen molar-refractivity contribution in [3.05, 3.63) is 107 Å². The number of nitro groups is 1. The fraction of sp³-hybridized carbons (Fsp3) is 0.409. The van der Waals surface area contributed by atoms with Crippen molar-refractivity contribution < 1.29 is 48.8 Å². The van der Waals surface area contributed by atoms with Crippen molar-refractivity contribution in [1.29, 1.82) is 0 Å². The van der Waals surface area contributed by atoms with E-state index in [1.165, 1.54) is 61.1 Å². The standard InChI is InChI=1S/C22H24F2N4O5S.C22H26F2N4O3S/c1-22(23,24)21-25-19-13-17(5-8-20(19)27(21)14-15-9-11-33-12-10-15)26(2)34(31,32)18-6-3-16(4-7-18)28(29)30;1-22(23,24)21-26-19-13-17(27(2)32(29,30)18-6-3-16(25)4-7-18)5-8-20(19)28(21)14-15-9-11-31-12-10-15/h3-8,13,15H,9-12,14H2,1-2H3;3-8,13,15H,9-12,14,25H2,1-2H3. The molecule has 2 aromatic heterocycles. The number of hydrogen-bond donors (Lipinski definition) is 1. The summed E-state index contributed by atoms with van der Waals surface area (Å²) < 4.78 is 126. The van der Waals surface area contributed by atoms with E-state index in [0.717, 1.165) is 72.4 Å². The van der Waals surface area contributed by atoms with Crippen LogP contribution in [0.3, 0.4) is 0 Å². The zero-order valence-corrected chi connectivity index (χ0v) is 38.2. The molecule has 22 heteroatoms. The molecule has 0 spiro atoms. The number of aromatic nitrogens is 4. The molecule has 354 valence electrons. The molecule has 2 saturated heterocycles. The van der Waals surface area contributed by atoms with E-state index in [-0.39, 0.29) is 50.2 Å². The minimum atomic E-state index is -4.04. The number of imidazole rings is 2. The smallest absolute Gasteiger partial charge is 0.302 e. The molecule has 16 nitrogen and oxygen atoms in total. The van der Waals surface area contributed by atoms with Crippen LogP contribution in [0.4, 0.5) is 40.3 Å². The largest absolute Gasteiger partial charge is 0.399 e. The highest BCUT2D eigenvalue weighted by atomic mass is 32.2. The molecule has 6 aromatic rings. The number of non-ortho nitro benzene ring substituents is 1. The number of halogens is 4. The van der Waals surface area contributed by atoms with Gasteiger partial charge in [0, 0.05) is 85.3 Å². The molecule has 4 heterocycles. The predicted octanol–water partition coefficient (Wildman–Crippen LogP) is 8.29. The molecule has 0 bridgehead atoms. The van der Waals surface area contributed by atoms with Crippen LogP contribution < -0.4 is 14.3 Å². The van der Waals surface area contributed by atoms with Gasteiger partial charge in [0.15, 0.2) is 11.6 Å². The first-order valence-corrected chi connectivity index (χ1v) is 23.9. The molecule has 2 N–H and O–H groups in total. The quantitative estimate of drug-likeness (QED) is 0.0506. The number of sulfonamides is 2. The first kappa shape index (κ1) is 48.1. The molecule has 0 saturated carbocycles. The van der Waals surface area contributed by atoms with Crippen molar-refractivity contribution in [3.8, 4) is 0 Å². The van der Waals surface area contributed by atoms with Crippen molar-refractivity contribution in [2.75, 3.05) is 54.9 Å². The van der Waals surface area contributed by atoms with Gasteiger partial charge in [0.25, 0.3) is 25.7 Å². The summed E-state index contributed by atoms with van der Waals surface area (Å²) in [6.45, 7) is 4.82. The first-order chi connectivity index (χ1) is 31.0. The number of nitrogens with two attached hydrogens (primary N) is 1. The van der Waals surface area contributed by atoms with Crippen LogP contribution in [0.25, 0.3) is 22.1 Å². The zero-order chi connectivity index (χ0) is 47.8. The number of nitro benzene ring substituents is 1. The average molecular weight is 959 g/mol. The Kier molecular flexibility index (Phi) is 13.7. The van der Waals surface area contributed by atoms with Gasteiger partial charge in [0.1, 0.15) is 0 Å². The van der Waals surface area contributed by atoms with E-state index in [9.17, 15) is 44.5 Å². The molecule has 0 aliphatic carbocycles. The Morgan fingerprint density at radius 3 is 1.38 bits per heavy atom. The SMILES string of the molecule is CN(c1ccc2c(c1)nc(C(C)(F)F)n2CC1CCOCC1)S(=O)(=O)c1ccc(N)cc1.CN(c1ccc2c(c1)nc(C(C)(F)F)n2CC1CCOCC1)S(=O)(=O)c1ccc([N+](=O)[O-])cc1. The Labute approximate surface area is 379 Å². The zero-order valence-electron chi connectivity index (χ0n) is 36.6. The molecule has 8 rings (SSSR count). The highest BCUT2D eigenvalue weighted by molar-refractivity contribution is 7.93. The van der Waals surface area contributed by atoms with Gasteiger partial charge in [0.05, 0.1) is 48.2 Å². The van der Waals surface area contributed by atoms with Gasteiger partial charge in [-0.1, -0.05) is 0 Å². The highest BCUT2D eigenvalue weighted by Gasteiger charge is 2.35. The molecule has 66 heavy (non-hydrogen) atoms. The molecule has 4 aromatic carbocycles. The van der Waals surface area contributed by atoms with Crippen LogP contribution in [0.1, 0.15) is 51.2 Å². The van der Waals surface area contributed by atoms with E-state index >= 15 is 0 Å². The molecule has 2 aliphatic heterocycles. The first-order valence-electron chi connectivity index (χ1n) is 21.1. The minimum absolute atomic E-state index is 0.0834. The van der Waals surface area contributed by atoms with Crippen molar-refractivity contribution in [2.45, 2.75) is 74.3 Å². The van der Waals surface area contributed by atoms with Crippen LogP contribution in [0.5, 0.6) is 0 Å². The van der Waals surface area contributed by atoms with Crippen LogP contribution in [-0.2, 0) is 54.5 Å². The average Bonchev–Trinajstić information content (AvgIpc) is 3.85. The molecule has 2 aliphatic rings. The monoisotopic (exact) mass is 958 g/mol. The lowest BCUT2D eigenvalue weighted by Crippen LogP contribution is -2.26. The van der Waals surface area contributed by atoms with Gasteiger partial charge in [-0.05, 0) is 110 Å². The third-order valence-electron chi connectivity index (χ3n) is 11.8. The number of ether oxygens (including phenoxy) is 2. The lowest BCUT2D eigenvalue weighted by Gasteiger charge is -2.24. The maximum absolute atomic E-state index is 14.4. The van der Waals surface area contributed by atoms with E-state index in [1.807, 2.05) is 0 Å². The maximum Gasteiger partial charge on any atom is 0.302 e. The number of fused-ring (bicyclic) bond motifs is 2. The summed E-state index contributed by atoms with van der Waals surface area (Å²) in [6.07, 6.45) is 3.13. The van der Waals surface area contributed by atoms with Gasteiger partial charge in [-0.25, -0.2) is 26.8 Å². The Morgan fingerprint density at radius 1 is 0.667 bits per heavy atom. The second kappa shape index (κ2) is 18.8.